The summed E-state index contributed by atoms with van der Waals surface area (Å²) in [7, 11) is 0. The maximum absolute atomic E-state index is 12.4. The zero-order valence-electron chi connectivity index (χ0n) is 12.1. The van der Waals surface area contributed by atoms with E-state index in [0.717, 1.165) is 18.5 Å². The van der Waals surface area contributed by atoms with Gasteiger partial charge in [0, 0.05) is 50.0 Å². The van der Waals surface area contributed by atoms with E-state index in [1.165, 1.54) is 10.8 Å². The minimum Gasteiger partial charge on any atom is -0.340 e. The zero-order valence-corrected chi connectivity index (χ0v) is 12.1. The summed E-state index contributed by atoms with van der Waals surface area (Å²) in [4.78, 5) is 37.9. The van der Waals surface area contributed by atoms with E-state index in [1.54, 1.807) is 35.8 Å². The van der Waals surface area contributed by atoms with Gasteiger partial charge in [-0.3, -0.25) is 19.3 Å². The summed E-state index contributed by atoms with van der Waals surface area (Å²) < 4.78 is 1.33. The van der Waals surface area contributed by atoms with Crippen molar-refractivity contribution in [3.05, 3.63) is 53.2 Å². The van der Waals surface area contributed by atoms with Gasteiger partial charge >= 0.3 is 5.69 Å². The molecule has 22 heavy (non-hydrogen) atoms. The summed E-state index contributed by atoms with van der Waals surface area (Å²) in [6, 6.07) is 1.65. The number of amides is 1. The van der Waals surface area contributed by atoms with Crippen LogP contribution in [0.15, 0.2) is 41.8 Å². The lowest BCUT2D eigenvalue weighted by Gasteiger charge is -2.32. The van der Waals surface area contributed by atoms with Crippen LogP contribution in [0.3, 0.4) is 0 Å². The second kappa shape index (κ2) is 6.46. The first-order valence-electron chi connectivity index (χ1n) is 7.29. The Bertz CT molecular complexity index is 700. The van der Waals surface area contributed by atoms with Crippen LogP contribution in [0, 0.1) is 0 Å². The minimum atomic E-state index is -0.404. The largest absolute Gasteiger partial charge is 0.347 e. The third-order valence-electron chi connectivity index (χ3n) is 3.86. The molecule has 3 heterocycles. The molecule has 1 saturated heterocycles. The summed E-state index contributed by atoms with van der Waals surface area (Å²) in [5, 5.41) is 0. The van der Waals surface area contributed by atoms with Gasteiger partial charge in [0.1, 0.15) is 6.54 Å². The van der Waals surface area contributed by atoms with E-state index in [2.05, 4.69) is 15.0 Å². The molecule has 0 saturated carbocycles. The first-order chi connectivity index (χ1) is 10.7. The number of hydrogen-bond donors (Lipinski definition) is 0. The van der Waals surface area contributed by atoms with Crippen molar-refractivity contribution in [1.29, 1.82) is 0 Å². The molecule has 2 aromatic heterocycles. The highest BCUT2D eigenvalue weighted by molar-refractivity contribution is 5.76. The first kappa shape index (κ1) is 14.4. The number of aromatic nitrogens is 4. The van der Waals surface area contributed by atoms with E-state index in [4.69, 9.17) is 0 Å². The zero-order chi connectivity index (χ0) is 15.4. The molecule has 0 radical (unpaired) electrons. The quantitative estimate of drug-likeness (QED) is 0.821. The number of likely N-dealkylation sites (tertiary alicyclic amines) is 1. The standard InChI is InChI=1S/C15H17N5O2/c21-14(11-20-8-2-4-18-15(20)22)19-7-1-3-12(10-19)13-9-16-5-6-17-13/h2,4-6,8-9,12H,1,3,7,10-11H2. The van der Waals surface area contributed by atoms with Gasteiger partial charge in [-0.2, -0.15) is 0 Å². The van der Waals surface area contributed by atoms with Crippen molar-refractivity contribution in [2.45, 2.75) is 25.3 Å². The van der Waals surface area contributed by atoms with Crippen LogP contribution in [0.2, 0.25) is 0 Å². The fourth-order valence-corrected chi connectivity index (χ4v) is 2.72. The molecule has 1 aliphatic rings. The van der Waals surface area contributed by atoms with Crippen LogP contribution in [0.4, 0.5) is 0 Å². The predicted octanol–water partition coefficient (Wildman–Crippen LogP) is 0.439. The van der Waals surface area contributed by atoms with Crippen LogP contribution in [0.25, 0.3) is 0 Å². The normalized spacial score (nSPS) is 18.2. The lowest BCUT2D eigenvalue weighted by Crippen LogP contribution is -2.42. The summed E-state index contributed by atoms with van der Waals surface area (Å²) in [5.41, 5.74) is 0.511. The Hall–Kier alpha value is -2.57. The van der Waals surface area contributed by atoms with E-state index in [-0.39, 0.29) is 18.4 Å². The van der Waals surface area contributed by atoms with Gasteiger partial charge in [0.2, 0.25) is 5.91 Å². The van der Waals surface area contributed by atoms with Gasteiger partial charge in [0.05, 0.1) is 5.69 Å². The summed E-state index contributed by atoms with van der Waals surface area (Å²) in [5.74, 6) is 0.140. The molecule has 1 unspecified atom stereocenters. The Morgan fingerprint density at radius 3 is 2.95 bits per heavy atom. The Morgan fingerprint density at radius 2 is 2.18 bits per heavy atom. The van der Waals surface area contributed by atoms with Gasteiger partial charge in [-0.25, -0.2) is 9.78 Å². The average Bonchev–Trinajstić information content (AvgIpc) is 2.58. The van der Waals surface area contributed by atoms with Crippen molar-refractivity contribution in [3.63, 3.8) is 0 Å². The highest BCUT2D eigenvalue weighted by atomic mass is 16.2. The molecule has 1 amide bonds. The SMILES string of the molecule is O=C(Cn1cccnc1=O)N1CCCC(c2cnccn2)C1. The molecular weight excluding hydrogens is 282 g/mol. The molecule has 7 nitrogen and oxygen atoms in total. The Morgan fingerprint density at radius 1 is 1.27 bits per heavy atom. The number of hydrogen-bond acceptors (Lipinski definition) is 5. The van der Waals surface area contributed by atoms with Crippen LogP contribution in [0.1, 0.15) is 24.5 Å². The fourth-order valence-electron chi connectivity index (χ4n) is 2.72. The van der Waals surface area contributed by atoms with E-state index < -0.39 is 5.69 Å². The fraction of sp³-hybridized carbons (Fsp3) is 0.400. The van der Waals surface area contributed by atoms with Crippen LogP contribution in [-0.2, 0) is 11.3 Å². The van der Waals surface area contributed by atoms with E-state index >= 15 is 0 Å². The third-order valence-corrected chi connectivity index (χ3v) is 3.86. The molecule has 0 N–H and O–H groups in total. The van der Waals surface area contributed by atoms with E-state index in [9.17, 15) is 9.59 Å². The van der Waals surface area contributed by atoms with Crippen molar-refractivity contribution in [2.24, 2.45) is 0 Å². The third kappa shape index (κ3) is 3.19. The molecule has 114 valence electrons. The second-order valence-corrected chi connectivity index (χ2v) is 5.34. The Kier molecular flexibility index (Phi) is 4.22. The Balaban J connectivity index is 1.68. The molecule has 1 fully saturated rings. The van der Waals surface area contributed by atoms with E-state index in [1.807, 2.05) is 0 Å². The number of carbonyl (C=O) groups is 1. The summed E-state index contributed by atoms with van der Waals surface area (Å²) in [6.07, 6.45) is 10.00. The smallest absolute Gasteiger partial charge is 0.340 e. The van der Waals surface area contributed by atoms with Gasteiger partial charge in [-0.1, -0.05) is 0 Å². The van der Waals surface area contributed by atoms with Gasteiger partial charge < -0.3 is 4.90 Å². The molecular formula is C15H17N5O2. The molecule has 0 bridgehead atoms. The lowest BCUT2D eigenvalue weighted by molar-refractivity contribution is -0.133. The van der Waals surface area contributed by atoms with Crippen LogP contribution < -0.4 is 5.69 Å². The molecule has 0 spiro atoms. The maximum Gasteiger partial charge on any atom is 0.347 e. The van der Waals surface area contributed by atoms with Crippen molar-refractivity contribution >= 4 is 5.91 Å². The Labute approximate surface area is 127 Å². The molecule has 0 aliphatic carbocycles. The molecule has 2 aromatic rings. The summed E-state index contributed by atoms with van der Waals surface area (Å²) >= 11 is 0. The molecule has 1 aliphatic heterocycles. The lowest BCUT2D eigenvalue weighted by atomic mass is 9.95. The van der Waals surface area contributed by atoms with Crippen molar-refractivity contribution in [2.75, 3.05) is 13.1 Å². The number of nitrogens with zero attached hydrogens (tertiary/aromatic N) is 5. The monoisotopic (exact) mass is 299 g/mol. The minimum absolute atomic E-state index is 0.0276. The van der Waals surface area contributed by atoms with Gasteiger partial charge in [0.25, 0.3) is 0 Å². The number of rotatable bonds is 3. The van der Waals surface area contributed by atoms with Crippen LogP contribution >= 0.6 is 0 Å². The van der Waals surface area contributed by atoms with Crippen LogP contribution in [0.5, 0.6) is 0 Å². The van der Waals surface area contributed by atoms with Gasteiger partial charge in [-0.05, 0) is 18.9 Å². The van der Waals surface area contributed by atoms with Gasteiger partial charge in [-0.15, -0.1) is 0 Å². The maximum atomic E-state index is 12.4. The molecule has 0 aromatic carbocycles. The first-order valence-corrected chi connectivity index (χ1v) is 7.29. The molecule has 7 heteroatoms. The summed E-state index contributed by atoms with van der Waals surface area (Å²) in [6.45, 7) is 1.36. The number of piperidine rings is 1. The second-order valence-electron chi connectivity index (χ2n) is 5.34. The van der Waals surface area contributed by atoms with Crippen LogP contribution in [-0.4, -0.2) is 43.4 Å². The van der Waals surface area contributed by atoms with Crippen molar-refractivity contribution in [3.8, 4) is 0 Å². The van der Waals surface area contributed by atoms with Gasteiger partial charge in [0.15, 0.2) is 0 Å². The average molecular weight is 299 g/mol. The van der Waals surface area contributed by atoms with Crippen molar-refractivity contribution in [1.82, 2.24) is 24.4 Å². The predicted molar refractivity (Wildman–Crippen MR) is 79.1 cm³/mol. The molecule has 1 atom stereocenters. The van der Waals surface area contributed by atoms with Crippen molar-refractivity contribution < 1.29 is 4.79 Å². The van der Waals surface area contributed by atoms with E-state index in [0.29, 0.717) is 13.1 Å². The highest BCUT2D eigenvalue weighted by Crippen LogP contribution is 2.24. The molecule has 3 rings (SSSR count). The number of carbonyl (C=O) groups excluding carboxylic acids is 1. The topological polar surface area (TPSA) is 81.0 Å². The highest BCUT2D eigenvalue weighted by Gasteiger charge is 2.25.